The van der Waals surface area contributed by atoms with E-state index in [1.54, 1.807) is 0 Å². The van der Waals surface area contributed by atoms with Crippen molar-refractivity contribution < 1.29 is 28.5 Å². The molecule has 0 saturated carbocycles. The van der Waals surface area contributed by atoms with Crippen molar-refractivity contribution in [2.45, 2.75) is 72.2 Å². The van der Waals surface area contributed by atoms with E-state index >= 15 is 0 Å². The van der Waals surface area contributed by atoms with Crippen LogP contribution in [0.4, 0.5) is 0 Å². The van der Waals surface area contributed by atoms with E-state index in [2.05, 4.69) is 13.8 Å². The standard InChI is InChI=1S/C18H32O6/c1-13(2)9-10-21-16(19)7-5-6-8-17(20)24-15-11-22-18(14(3)4)23-12-15/h13-15,18H,5-12H2,1-4H3. The predicted molar refractivity (Wildman–Crippen MR) is 89.3 cm³/mol. The molecule has 1 aliphatic heterocycles. The van der Waals surface area contributed by atoms with Crippen LogP contribution in [0.2, 0.25) is 0 Å². The van der Waals surface area contributed by atoms with Gasteiger partial charge in [-0.3, -0.25) is 9.59 Å². The number of hydrogen-bond donors (Lipinski definition) is 0. The molecule has 0 atom stereocenters. The average Bonchev–Trinajstić information content (AvgIpc) is 2.51. The lowest BCUT2D eigenvalue weighted by Crippen LogP contribution is -2.40. The Balaban J connectivity index is 2.03. The van der Waals surface area contributed by atoms with Gasteiger partial charge in [-0.1, -0.05) is 27.7 Å². The van der Waals surface area contributed by atoms with Crippen LogP contribution in [0.3, 0.4) is 0 Å². The zero-order valence-corrected chi connectivity index (χ0v) is 15.4. The number of ether oxygens (including phenoxy) is 4. The molecule has 0 aliphatic carbocycles. The Hall–Kier alpha value is -1.14. The Morgan fingerprint density at radius 1 is 1.00 bits per heavy atom. The van der Waals surface area contributed by atoms with Gasteiger partial charge in [0.15, 0.2) is 6.29 Å². The maximum absolute atomic E-state index is 11.8. The number of unbranched alkanes of at least 4 members (excludes halogenated alkanes) is 1. The summed E-state index contributed by atoms with van der Waals surface area (Å²) in [6.45, 7) is 9.43. The minimum absolute atomic E-state index is 0.196. The fraction of sp³-hybridized carbons (Fsp3) is 0.889. The molecule has 1 aliphatic rings. The molecule has 6 nitrogen and oxygen atoms in total. The van der Waals surface area contributed by atoms with Crippen molar-refractivity contribution in [2.24, 2.45) is 11.8 Å². The van der Waals surface area contributed by atoms with E-state index in [-0.39, 0.29) is 30.3 Å². The fourth-order valence-electron chi connectivity index (χ4n) is 2.22. The first-order valence-corrected chi connectivity index (χ1v) is 8.96. The van der Waals surface area contributed by atoms with Crippen LogP contribution in [-0.4, -0.2) is 44.2 Å². The quantitative estimate of drug-likeness (QED) is 0.448. The normalized spacial score (nSPS) is 21.1. The molecule has 0 aromatic carbocycles. The first-order chi connectivity index (χ1) is 11.4. The highest BCUT2D eigenvalue weighted by Crippen LogP contribution is 2.16. The zero-order chi connectivity index (χ0) is 17.9. The van der Waals surface area contributed by atoms with Gasteiger partial charge in [0.2, 0.25) is 0 Å². The molecule has 1 saturated heterocycles. The summed E-state index contributed by atoms with van der Waals surface area (Å²) in [5, 5.41) is 0. The van der Waals surface area contributed by atoms with E-state index in [1.807, 2.05) is 13.8 Å². The Bertz CT molecular complexity index is 372. The van der Waals surface area contributed by atoms with Crippen molar-refractivity contribution in [1.29, 1.82) is 0 Å². The first kappa shape index (κ1) is 20.9. The Kier molecular flexibility index (Phi) is 9.95. The molecule has 0 amide bonds. The van der Waals surface area contributed by atoms with Crippen LogP contribution in [0.5, 0.6) is 0 Å². The number of rotatable bonds is 10. The molecular weight excluding hydrogens is 312 g/mol. The number of carbonyl (C=O) groups excluding carboxylic acids is 2. The minimum atomic E-state index is -0.339. The van der Waals surface area contributed by atoms with Gasteiger partial charge >= 0.3 is 11.9 Å². The highest BCUT2D eigenvalue weighted by atomic mass is 16.7. The van der Waals surface area contributed by atoms with E-state index in [0.717, 1.165) is 6.42 Å². The van der Waals surface area contributed by atoms with Crippen LogP contribution in [0, 0.1) is 11.8 Å². The van der Waals surface area contributed by atoms with E-state index in [1.165, 1.54) is 0 Å². The Labute approximate surface area is 145 Å². The highest BCUT2D eigenvalue weighted by molar-refractivity contribution is 5.70. The van der Waals surface area contributed by atoms with Gasteiger partial charge in [0, 0.05) is 18.8 Å². The van der Waals surface area contributed by atoms with Crippen molar-refractivity contribution in [3.05, 3.63) is 0 Å². The monoisotopic (exact) mass is 344 g/mol. The van der Waals surface area contributed by atoms with E-state index in [0.29, 0.717) is 51.4 Å². The van der Waals surface area contributed by atoms with Gasteiger partial charge in [-0.2, -0.15) is 0 Å². The molecule has 0 spiro atoms. The second kappa shape index (κ2) is 11.4. The topological polar surface area (TPSA) is 71.1 Å². The Morgan fingerprint density at radius 3 is 2.12 bits per heavy atom. The summed E-state index contributed by atoms with van der Waals surface area (Å²) in [6, 6.07) is 0. The van der Waals surface area contributed by atoms with E-state index in [9.17, 15) is 9.59 Å². The SMILES string of the molecule is CC(C)CCOC(=O)CCCCC(=O)OC1COC(C(C)C)OC1. The van der Waals surface area contributed by atoms with Crippen molar-refractivity contribution in [2.75, 3.05) is 19.8 Å². The molecular formula is C18H32O6. The summed E-state index contributed by atoms with van der Waals surface area (Å²) < 4.78 is 21.4. The van der Waals surface area contributed by atoms with Gasteiger partial charge in [0.1, 0.15) is 6.10 Å². The van der Waals surface area contributed by atoms with Crippen LogP contribution >= 0.6 is 0 Å². The molecule has 6 heteroatoms. The maximum atomic E-state index is 11.8. The molecule has 1 rings (SSSR count). The van der Waals surface area contributed by atoms with Crippen LogP contribution in [0.25, 0.3) is 0 Å². The highest BCUT2D eigenvalue weighted by Gasteiger charge is 2.26. The first-order valence-electron chi connectivity index (χ1n) is 8.96. The summed E-state index contributed by atoms with van der Waals surface area (Å²) >= 11 is 0. The van der Waals surface area contributed by atoms with Gasteiger partial charge in [0.25, 0.3) is 0 Å². The van der Waals surface area contributed by atoms with Gasteiger partial charge in [-0.15, -0.1) is 0 Å². The van der Waals surface area contributed by atoms with Crippen molar-refractivity contribution >= 4 is 11.9 Å². The summed E-state index contributed by atoms with van der Waals surface area (Å²) in [4.78, 5) is 23.3. The van der Waals surface area contributed by atoms with Crippen LogP contribution < -0.4 is 0 Å². The van der Waals surface area contributed by atoms with E-state index in [4.69, 9.17) is 18.9 Å². The molecule has 0 aromatic rings. The zero-order valence-electron chi connectivity index (χ0n) is 15.4. The molecule has 0 bridgehead atoms. The molecule has 1 heterocycles. The van der Waals surface area contributed by atoms with Crippen LogP contribution in [0.15, 0.2) is 0 Å². The summed E-state index contributed by atoms with van der Waals surface area (Å²) in [5.41, 5.74) is 0. The molecule has 0 N–H and O–H groups in total. The third-order valence-electron chi connectivity index (χ3n) is 3.71. The van der Waals surface area contributed by atoms with Crippen molar-refractivity contribution in [3.63, 3.8) is 0 Å². The maximum Gasteiger partial charge on any atom is 0.306 e. The van der Waals surface area contributed by atoms with Gasteiger partial charge in [-0.05, 0) is 25.2 Å². The number of hydrogen-bond acceptors (Lipinski definition) is 6. The minimum Gasteiger partial charge on any atom is -0.466 e. The molecule has 24 heavy (non-hydrogen) atoms. The molecule has 1 fully saturated rings. The molecule has 140 valence electrons. The third kappa shape index (κ3) is 9.23. The third-order valence-corrected chi connectivity index (χ3v) is 3.71. The van der Waals surface area contributed by atoms with Gasteiger partial charge in [0.05, 0.1) is 19.8 Å². The predicted octanol–water partition coefficient (Wildman–Crippen LogP) is 3.08. The summed E-state index contributed by atoms with van der Waals surface area (Å²) in [6.07, 6.45) is 2.20. The molecule has 0 radical (unpaired) electrons. The second-order valence-corrected chi connectivity index (χ2v) is 7.00. The lowest BCUT2D eigenvalue weighted by atomic mass is 10.1. The van der Waals surface area contributed by atoms with E-state index < -0.39 is 0 Å². The smallest absolute Gasteiger partial charge is 0.306 e. The number of carbonyl (C=O) groups is 2. The second-order valence-electron chi connectivity index (χ2n) is 7.00. The molecule has 0 unspecified atom stereocenters. The lowest BCUT2D eigenvalue weighted by molar-refractivity contribution is -0.239. The molecule has 0 aromatic heterocycles. The lowest BCUT2D eigenvalue weighted by Gasteiger charge is -2.31. The largest absolute Gasteiger partial charge is 0.466 e. The van der Waals surface area contributed by atoms with Crippen molar-refractivity contribution in [1.82, 2.24) is 0 Å². The average molecular weight is 344 g/mol. The van der Waals surface area contributed by atoms with Crippen LogP contribution in [-0.2, 0) is 28.5 Å². The van der Waals surface area contributed by atoms with Crippen molar-refractivity contribution in [3.8, 4) is 0 Å². The fourth-order valence-corrected chi connectivity index (χ4v) is 2.22. The van der Waals surface area contributed by atoms with Crippen LogP contribution in [0.1, 0.15) is 59.8 Å². The summed E-state index contributed by atoms with van der Waals surface area (Å²) in [5.74, 6) is 0.333. The Morgan fingerprint density at radius 2 is 1.58 bits per heavy atom. The summed E-state index contributed by atoms with van der Waals surface area (Å²) in [7, 11) is 0. The van der Waals surface area contributed by atoms with Gasteiger partial charge < -0.3 is 18.9 Å². The van der Waals surface area contributed by atoms with Gasteiger partial charge in [-0.25, -0.2) is 0 Å². The number of esters is 2.